The summed E-state index contributed by atoms with van der Waals surface area (Å²) in [6, 6.07) is 2.99. The Kier molecular flexibility index (Phi) is 5.61. The number of aliphatic hydroxyl groups excluding tert-OH is 2. The molecule has 1 fully saturated rings. The van der Waals surface area contributed by atoms with E-state index in [0.717, 1.165) is 4.88 Å². The fraction of sp³-hybridized carbons (Fsp3) is 0.400. The third kappa shape index (κ3) is 3.64. The van der Waals surface area contributed by atoms with Crippen LogP contribution in [-0.2, 0) is 4.79 Å². The number of carbonyl (C=O) groups excluding carboxylic acids is 1. The number of aliphatic hydroxyl groups is 2. The molecule has 1 aliphatic carbocycles. The second-order valence-corrected chi connectivity index (χ2v) is 9.24. The Morgan fingerprint density at radius 1 is 1.32 bits per heavy atom. The largest absolute Gasteiger partial charge is 0.389 e. The van der Waals surface area contributed by atoms with Gasteiger partial charge in [-0.25, -0.2) is 15.0 Å². The van der Waals surface area contributed by atoms with Gasteiger partial charge in [-0.05, 0) is 37.3 Å². The Balaban J connectivity index is 1.78. The fourth-order valence-corrected chi connectivity index (χ4v) is 4.82. The summed E-state index contributed by atoms with van der Waals surface area (Å²) in [5.41, 5.74) is -0.192. The number of hydrogen-bond acceptors (Lipinski definition) is 8. The third-order valence-corrected chi connectivity index (χ3v) is 6.78. The first-order chi connectivity index (χ1) is 14.8. The van der Waals surface area contributed by atoms with Gasteiger partial charge in [-0.15, -0.1) is 11.3 Å². The summed E-state index contributed by atoms with van der Waals surface area (Å²) in [5.74, 6) is 6.34. The summed E-state index contributed by atoms with van der Waals surface area (Å²) >= 11 is 7.31. The van der Waals surface area contributed by atoms with E-state index in [1.54, 1.807) is 24.6 Å². The first-order valence-corrected chi connectivity index (χ1v) is 10.8. The molecule has 4 N–H and O–H groups in total. The van der Waals surface area contributed by atoms with Crippen LogP contribution in [0.2, 0.25) is 4.34 Å². The number of anilines is 1. The molecule has 1 aliphatic rings. The van der Waals surface area contributed by atoms with Gasteiger partial charge in [-0.2, -0.15) is 0 Å². The number of nitrogens with one attached hydrogen (secondary N) is 2. The molecule has 0 bridgehead atoms. The molecular weight excluding hydrogens is 440 g/mol. The number of aromatic nitrogens is 4. The Morgan fingerprint density at radius 2 is 2.10 bits per heavy atom. The van der Waals surface area contributed by atoms with Gasteiger partial charge < -0.3 is 25.4 Å². The highest BCUT2D eigenvalue weighted by Gasteiger charge is 2.54. The molecule has 4 rings (SSSR count). The van der Waals surface area contributed by atoms with Crippen molar-refractivity contribution < 1.29 is 15.0 Å². The average Bonchev–Trinajstić information content (AvgIpc) is 3.44. The van der Waals surface area contributed by atoms with Crippen molar-refractivity contribution in [1.82, 2.24) is 24.8 Å². The number of rotatable bonds is 3. The molecule has 0 aromatic carbocycles. The normalized spacial score (nSPS) is 25.3. The zero-order valence-corrected chi connectivity index (χ0v) is 18.6. The number of nitrogens with zero attached hydrogens (tertiary/aromatic N) is 4. The number of hydrogen-bond donors (Lipinski definition) is 4. The Bertz CT molecular complexity index is 1210. The van der Waals surface area contributed by atoms with Crippen molar-refractivity contribution in [3.05, 3.63) is 33.5 Å². The Hall–Kier alpha value is -2.71. The minimum Gasteiger partial charge on any atom is -0.389 e. The molecule has 0 saturated heterocycles. The number of imidazole rings is 1. The lowest BCUT2D eigenvalue weighted by atomic mass is 9.85. The van der Waals surface area contributed by atoms with Crippen molar-refractivity contribution in [1.29, 1.82) is 0 Å². The second-order valence-electron chi connectivity index (χ2n) is 7.53. The predicted octanol–water partition coefficient (Wildman–Crippen LogP) is 1.40. The SMILES string of the molecule is CNC(=O)C1(C)C[C@@H](n2cnc3c(NC)nc(C#Cc4ccc(Cl)s4)nc32)[C@H](O)[C@@H]1O. The van der Waals surface area contributed by atoms with Crippen molar-refractivity contribution in [3.8, 4) is 11.8 Å². The molecule has 11 heteroatoms. The van der Waals surface area contributed by atoms with Crippen molar-refractivity contribution in [2.45, 2.75) is 31.6 Å². The molecule has 3 aromatic rings. The van der Waals surface area contributed by atoms with E-state index >= 15 is 0 Å². The van der Waals surface area contributed by atoms with Gasteiger partial charge in [0.25, 0.3) is 0 Å². The van der Waals surface area contributed by atoms with Crippen LogP contribution in [0.1, 0.15) is 30.1 Å². The van der Waals surface area contributed by atoms with Gasteiger partial charge in [-0.3, -0.25) is 4.79 Å². The lowest BCUT2D eigenvalue weighted by Gasteiger charge is -2.26. The van der Waals surface area contributed by atoms with Crippen LogP contribution in [0.15, 0.2) is 18.5 Å². The van der Waals surface area contributed by atoms with Crippen LogP contribution in [0.25, 0.3) is 11.2 Å². The van der Waals surface area contributed by atoms with Crippen LogP contribution in [0, 0.1) is 17.3 Å². The predicted molar refractivity (Wildman–Crippen MR) is 118 cm³/mol. The van der Waals surface area contributed by atoms with Crippen LogP contribution in [0.4, 0.5) is 5.82 Å². The van der Waals surface area contributed by atoms with Crippen LogP contribution < -0.4 is 10.6 Å². The van der Waals surface area contributed by atoms with Gasteiger partial charge in [0.1, 0.15) is 6.10 Å². The molecule has 162 valence electrons. The lowest BCUT2D eigenvalue weighted by Crippen LogP contribution is -2.45. The van der Waals surface area contributed by atoms with Gasteiger partial charge in [-0.1, -0.05) is 11.6 Å². The minimum atomic E-state index is -1.23. The average molecular weight is 461 g/mol. The van der Waals surface area contributed by atoms with E-state index in [-0.39, 0.29) is 18.2 Å². The van der Waals surface area contributed by atoms with Crippen LogP contribution in [-0.4, -0.2) is 61.9 Å². The lowest BCUT2D eigenvalue weighted by molar-refractivity contribution is -0.136. The molecule has 0 radical (unpaired) electrons. The van der Waals surface area contributed by atoms with Crippen molar-refractivity contribution in [3.63, 3.8) is 0 Å². The van der Waals surface area contributed by atoms with Crippen LogP contribution in [0.3, 0.4) is 0 Å². The van der Waals surface area contributed by atoms with Crippen molar-refractivity contribution >= 4 is 45.8 Å². The van der Waals surface area contributed by atoms with Gasteiger partial charge >= 0.3 is 0 Å². The van der Waals surface area contributed by atoms with E-state index in [1.165, 1.54) is 24.7 Å². The maximum Gasteiger partial charge on any atom is 0.228 e. The molecule has 3 heterocycles. The van der Waals surface area contributed by atoms with Gasteiger partial charge in [0.05, 0.1) is 33.1 Å². The van der Waals surface area contributed by atoms with E-state index in [1.807, 2.05) is 6.07 Å². The summed E-state index contributed by atoms with van der Waals surface area (Å²) in [5, 5.41) is 26.9. The molecule has 9 nitrogen and oxygen atoms in total. The highest BCUT2D eigenvalue weighted by Crippen LogP contribution is 2.45. The first kappa shape index (κ1) is 21.5. The van der Waals surface area contributed by atoms with E-state index in [2.05, 4.69) is 37.4 Å². The monoisotopic (exact) mass is 460 g/mol. The topological polar surface area (TPSA) is 125 Å². The van der Waals surface area contributed by atoms with E-state index in [9.17, 15) is 15.0 Å². The van der Waals surface area contributed by atoms with E-state index < -0.39 is 23.7 Å². The van der Waals surface area contributed by atoms with Crippen molar-refractivity contribution in [2.75, 3.05) is 19.4 Å². The molecule has 0 spiro atoms. The zero-order chi connectivity index (χ0) is 22.3. The van der Waals surface area contributed by atoms with Crippen LogP contribution >= 0.6 is 22.9 Å². The number of fused-ring (bicyclic) bond motifs is 1. The van der Waals surface area contributed by atoms with Gasteiger partial charge in [0.15, 0.2) is 17.0 Å². The summed E-state index contributed by atoms with van der Waals surface area (Å²) in [7, 11) is 3.22. The van der Waals surface area contributed by atoms with E-state index in [4.69, 9.17) is 11.6 Å². The van der Waals surface area contributed by atoms with Gasteiger partial charge in [0, 0.05) is 14.1 Å². The number of halogens is 1. The maximum atomic E-state index is 12.4. The summed E-state index contributed by atoms with van der Waals surface area (Å²) < 4.78 is 2.32. The Morgan fingerprint density at radius 3 is 2.74 bits per heavy atom. The van der Waals surface area contributed by atoms with Crippen molar-refractivity contribution in [2.24, 2.45) is 5.41 Å². The molecule has 31 heavy (non-hydrogen) atoms. The standard InChI is InChI=1S/C20H21ClN6O3S/c1-20(19(30)23-3)8-11(15(28)16(20)29)27-9-24-14-17(22-2)25-13(26-18(14)27)7-5-10-4-6-12(21)31-10/h4,6,9,11,15-16,28-29H,8H2,1-3H3,(H,23,30)(H,22,25,26)/t11-,15+,16+,20?/m1/s1. The summed E-state index contributed by atoms with van der Waals surface area (Å²) in [4.78, 5) is 26.5. The number of thiophene rings is 1. The fourth-order valence-electron chi connectivity index (χ4n) is 3.93. The molecule has 3 aromatic heterocycles. The summed E-state index contributed by atoms with van der Waals surface area (Å²) in [6.45, 7) is 1.63. The molecule has 0 aliphatic heterocycles. The highest BCUT2D eigenvalue weighted by atomic mass is 35.5. The minimum absolute atomic E-state index is 0.216. The zero-order valence-electron chi connectivity index (χ0n) is 17.0. The molecule has 1 amide bonds. The third-order valence-electron chi connectivity index (χ3n) is 5.64. The van der Waals surface area contributed by atoms with Crippen LogP contribution in [0.5, 0.6) is 0 Å². The quantitative estimate of drug-likeness (QED) is 0.435. The summed E-state index contributed by atoms with van der Waals surface area (Å²) in [6.07, 6.45) is -0.653. The number of amides is 1. The second kappa shape index (κ2) is 8.09. The molecule has 1 saturated carbocycles. The van der Waals surface area contributed by atoms with E-state index in [0.29, 0.717) is 21.3 Å². The first-order valence-electron chi connectivity index (χ1n) is 9.56. The number of carbonyl (C=O) groups is 1. The molecule has 1 unspecified atom stereocenters. The molecular formula is C20H21ClN6O3S. The smallest absolute Gasteiger partial charge is 0.228 e. The van der Waals surface area contributed by atoms with Gasteiger partial charge in [0.2, 0.25) is 11.7 Å². The maximum absolute atomic E-state index is 12.4. The molecule has 4 atom stereocenters. The highest BCUT2D eigenvalue weighted by molar-refractivity contribution is 7.16. The Labute approximate surface area is 187 Å².